The van der Waals surface area contributed by atoms with Crippen LogP contribution in [0.1, 0.15) is 29.6 Å². The van der Waals surface area contributed by atoms with Crippen LogP contribution in [0.5, 0.6) is 0 Å². The molecule has 1 aliphatic rings. The molecule has 4 N–H and O–H groups in total. The van der Waals surface area contributed by atoms with Crippen LogP contribution in [0.25, 0.3) is 0 Å². The van der Waals surface area contributed by atoms with Crippen molar-refractivity contribution in [1.29, 1.82) is 0 Å². The van der Waals surface area contributed by atoms with E-state index in [1.807, 2.05) is 0 Å². The molecule has 6 nitrogen and oxygen atoms in total. The van der Waals surface area contributed by atoms with Crippen molar-refractivity contribution in [3.8, 4) is 0 Å². The molecule has 1 aromatic heterocycles. The summed E-state index contributed by atoms with van der Waals surface area (Å²) in [5, 5.41) is 11.5. The Morgan fingerprint density at radius 1 is 1.39 bits per heavy atom. The molecule has 0 aliphatic heterocycles. The predicted octanol–water partition coefficient (Wildman–Crippen LogP) is 0.846. The quantitative estimate of drug-likeness (QED) is 0.736. The van der Waals surface area contributed by atoms with Crippen LogP contribution in [0.2, 0.25) is 0 Å². The Morgan fingerprint density at radius 3 is 2.78 bits per heavy atom. The third kappa shape index (κ3) is 2.65. The molecule has 0 saturated heterocycles. The molecule has 1 amide bonds. The predicted molar refractivity (Wildman–Crippen MR) is 65.1 cm³/mol. The van der Waals surface area contributed by atoms with E-state index >= 15 is 0 Å². The lowest BCUT2D eigenvalue weighted by molar-refractivity contribution is -0.120. The summed E-state index contributed by atoms with van der Waals surface area (Å²) in [6.07, 6.45) is 5.24. The lowest BCUT2D eigenvalue weighted by atomic mass is 10.0. The van der Waals surface area contributed by atoms with Gasteiger partial charge in [-0.15, -0.1) is 0 Å². The van der Waals surface area contributed by atoms with E-state index in [9.17, 15) is 9.59 Å². The van der Waals surface area contributed by atoms with Gasteiger partial charge in [0, 0.05) is 12.2 Å². The zero-order chi connectivity index (χ0) is 13.1. The first kappa shape index (κ1) is 12.5. The summed E-state index contributed by atoms with van der Waals surface area (Å²) in [6, 6.07) is 1.27. The molecule has 1 saturated carbocycles. The van der Waals surface area contributed by atoms with Gasteiger partial charge in [0.1, 0.15) is 0 Å². The lowest BCUT2D eigenvalue weighted by Gasteiger charge is -2.15. The number of aromatic nitrogens is 1. The maximum absolute atomic E-state index is 11.9. The Balaban J connectivity index is 2.07. The number of carboxylic acids is 1. The lowest BCUT2D eigenvalue weighted by Crippen LogP contribution is -2.34. The second-order valence-corrected chi connectivity index (χ2v) is 4.46. The number of carbonyl (C=O) groups is 2. The highest BCUT2D eigenvalue weighted by molar-refractivity contribution is 5.95. The standard InChI is InChI=1S/C12H15N3O3/c13-10-3-1-2-9(10)11(16)15-8-4-7(12(17)18)5-14-6-8/h4-6,9-10H,1-3,13H2,(H,15,16)(H,17,18). The van der Waals surface area contributed by atoms with Crippen LogP contribution in [0.15, 0.2) is 18.5 Å². The van der Waals surface area contributed by atoms with Gasteiger partial charge >= 0.3 is 5.97 Å². The SMILES string of the molecule is NC1CCCC1C(=O)Nc1cncc(C(=O)O)c1. The molecule has 18 heavy (non-hydrogen) atoms. The van der Waals surface area contributed by atoms with Gasteiger partial charge in [0.25, 0.3) is 0 Å². The van der Waals surface area contributed by atoms with Gasteiger partial charge in [0.05, 0.1) is 23.4 Å². The fourth-order valence-electron chi connectivity index (χ4n) is 2.17. The van der Waals surface area contributed by atoms with Gasteiger partial charge in [-0.2, -0.15) is 0 Å². The average molecular weight is 249 g/mol. The second-order valence-electron chi connectivity index (χ2n) is 4.46. The summed E-state index contributed by atoms with van der Waals surface area (Å²) in [4.78, 5) is 26.5. The van der Waals surface area contributed by atoms with Crippen molar-refractivity contribution in [2.45, 2.75) is 25.3 Å². The number of nitrogens with two attached hydrogens (primary N) is 1. The number of hydrogen-bond acceptors (Lipinski definition) is 4. The highest BCUT2D eigenvalue weighted by atomic mass is 16.4. The maximum atomic E-state index is 11.9. The highest BCUT2D eigenvalue weighted by Gasteiger charge is 2.30. The fraction of sp³-hybridized carbons (Fsp3) is 0.417. The summed E-state index contributed by atoms with van der Waals surface area (Å²) >= 11 is 0. The molecular weight excluding hydrogens is 234 g/mol. The minimum Gasteiger partial charge on any atom is -0.478 e. The molecule has 2 atom stereocenters. The van der Waals surface area contributed by atoms with E-state index < -0.39 is 5.97 Å². The molecule has 1 aliphatic carbocycles. The molecule has 0 aromatic carbocycles. The van der Waals surface area contributed by atoms with E-state index in [4.69, 9.17) is 10.8 Å². The Morgan fingerprint density at radius 2 is 2.17 bits per heavy atom. The Kier molecular flexibility index (Phi) is 3.57. The number of hydrogen-bond donors (Lipinski definition) is 3. The number of nitrogens with one attached hydrogen (secondary N) is 1. The average Bonchev–Trinajstić information content (AvgIpc) is 2.76. The first-order chi connectivity index (χ1) is 8.58. The number of pyridine rings is 1. The van der Waals surface area contributed by atoms with Crippen LogP contribution in [0.4, 0.5) is 5.69 Å². The number of carbonyl (C=O) groups excluding carboxylic acids is 1. The van der Waals surface area contributed by atoms with E-state index in [-0.39, 0.29) is 23.4 Å². The monoisotopic (exact) mass is 249 g/mol. The van der Waals surface area contributed by atoms with Gasteiger partial charge in [0.15, 0.2) is 0 Å². The Bertz CT molecular complexity index is 475. The topological polar surface area (TPSA) is 105 Å². The van der Waals surface area contributed by atoms with Crippen molar-refractivity contribution >= 4 is 17.6 Å². The molecule has 1 aromatic rings. The molecule has 2 rings (SSSR count). The van der Waals surface area contributed by atoms with Gasteiger partial charge in [-0.25, -0.2) is 4.79 Å². The van der Waals surface area contributed by atoms with Crippen molar-refractivity contribution in [3.63, 3.8) is 0 Å². The van der Waals surface area contributed by atoms with Crippen LogP contribution >= 0.6 is 0 Å². The fourth-order valence-corrected chi connectivity index (χ4v) is 2.17. The molecule has 0 radical (unpaired) electrons. The van der Waals surface area contributed by atoms with Crippen molar-refractivity contribution < 1.29 is 14.7 Å². The number of nitrogens with zero attached hydrogens (tertiary/aromatic N) is 1. The van der Waals surface area contributed by atoms with E-state index in [1.54, 1.807) is 0 Å². The summed E-state index contributed by atoms with van der Waals surface area (Å²) in [7, 11) is 0. The third-order valence-electron chi connectivity index (χ3n) is 3.16. The molecular formula is C12H15N3O3. The van der Waals surface area contributed by atoms with Crippen molar-refractivity contribution in [2.75, 3.05) is 5.32 Å². The number of anilines is 1. The van der Waals surface area contributed by atoms with Crippen LogP contribution in [-0.2, 0) is 4.79 Å². The second kappa shape index (κ2) is 5.14. The summed E-state index contributed by atoms with van der Waals surface area (Å²) < 4.78 is 0. The molecule has 6 heteroatoms. The number of amides is 1. The minimum absolute atomic E-state index is 0.0449. The molecule has 1 fully saturated rings. The Hall–Kier alpha value is -1.95. The summed E-state index contributed by atoms with van der Waals surface area (Å²) in [5.41, 5.74) is 6.27. The van der Waals surface area contributed by atoms with Gasteiger partial charge in [-0.3, -0.25) is 9.78 Å². The normalized spacial score (nSPS) is 22.7. The first-order valence-corrected chi connectivity index (χ1v) is 5.82. The van der Waals surface area contributed by atoms with E-state index in [2.05, 4.69) is 10.3 Å². The van der Waals surface area contributed by atoms with Crippen molar-refractivity contribution in [1.82, 2.24) is 4.98 Å². The van der Waals surface area contributed by atoms with E-state index in [0.717, 1.165) is 19.3 Å². The Labute approximate surface area is 104 Å². The highest BCUT2D eigenvalue weighted by Crippen LogP contribution is 2.25. The zero-order valence-corrected chi connectivity index (χ0v) is 9.80. The summed E-state index contributed by atoms with van der Waals surface area (Å²) in [5.74, 6) is -1.43. The molecule has 0 bridgehead atoms. The van der Waals surface area contributed by atoms with Gasteiger partial charge in [-0.1, -0.05) is 6.42 Å². The minimum atomic E-state index is -1.07. The molecule has 96 valence electrons. The van der Waals surface area contributed by atoms with Gasteiger partial charge < -0.3 is 16.2 Å². The molecule has 2 unspecified atom stereocenters. The number of rotatable bonds is 3. The zero-order valence-electron chi connectivity index (χ0n) is 9.80. The number of aromatic carboxylic acids is 1. The van der Waals surface area contributed by atoms with E-state index in [0.29, 0.717) is 5.69 Å². The van der Waals surface area contributed by atoms with Crippen LogP contribution in [0, 0.1) is 5.92 Å². The van der Waals surface area contributed by atoms with Crippen LogP contribution in [0.3, 0.4) is 0 Å². The third-order valence-corrected chi connectivity index (χ3v) is 3.16. The molecule has 0 spiro atoms. The maximum Gasteiger partial charge on any atom is 0.337 e. The number of carboxylic acid groups (broad SMARTS) is 1. The van der Waals surface area contributed by atoms with Crippen LogP contribution in [-0.4, -0.2) is 28.0 Å². The van der Waals surface area contributed by atoms with Crippen LogP contribution < -0.4 is 11.1 Å². The summed E-state index contributed by atoms with van der Waals surface area (Å²) in [6.45, 7) is 0. The smallest absolute Gasteiger partial charge is 0.337 e. The van der Waals surface area contributed by atoms with Gasteiger partial charge in [-0.05, 0) is 18.9 Å². The van der Waals surface area contributed by atoms with Crippen molar-refractivity contribution in [2.24, 2.45) is 11.7 Å². The first-order valence-electron chi connectivity index (χ1n) is 5.82. The largest absolute Gasteiger partial charge is 0.478 e. The van der Waals surface area contributed by atoms with E-state index in [1.165, 1.54) is 18.5 Å². The molecule has 1 heterocycles. The van der Waals surface area contributed by atoms with Gasteiger partial charge in [0.2, 0.25) is 5.91 Å². The van der Waals surface area contributed by atoms with Crippen molar-refractivity contribution in [3.05, 3.63) is 24.0 Å².